The van der Waals surface area contributed by atoms with Crippen LogP contribution in [0.15, 0.2) is 46.9 Å². The third-order valence-electron chi connectivity index (χ3n) is 5.92. The van der Waals surface area contributed by atoms with Crippen LogP contribution >= 0.6 is 0 Å². The summed E-state index contributed by atoms with van der Waals surface area (Å²) in [5.74, 6) is 1.92. The number of Topliss-reactive ketones (excluding diaryl/α,β-unsaturated/α-hetero) is 1. The summed E-state index contributed by atoms with van der Waals surface area (Å²) < 4.78 is 6.00. The van der Waals surface area contributed by atoms with E-state index in [-0.39, 0.29) is 5.78 Å². The Labute approximate surface area is 141 Å². The zero-order valence-electron chi connectivity index (χ0n) is 13.7. The van der Waals surface area contributed by atoms with Gasteiger partial charge in [0.15, 0.2) is 11.5 Å². The maximum absolute atomic E-state index is 12.8. The molecular weight excluding hydrogens is 298 g/mol. The summed E-state index contributed by atoms with van der Waals surface area (Å²) in [6.07, 6.45) is 3.13. The Morgan fingerprint density at radius 3 is 2.67 bits per heavy atom. The third kappa shape index (κ3) is 2.27. The third-order valence-corrected chi connectivity index (χ3v) is 5.92. The molecule has 1 aromatic heterocycles. The van der Waals surface area contributed by atoms with Crippen molar-refractivity contribution in [2.75, 3.05) is 19.6 Å². The lowest BCUT2D eigenvalue weighted by Crippen LogP contribution is -2.47. The van der Waals surface area contributed by atoms with Crippen LogP contribution in [0.3, 0.4) is 0 Å². The van der Waals surface area contributed by atoms with Crippen LogP contribution in [-0.4, -0.2) is 30.3 Å². The number of rotatable bonds is 3. The Balaban J connectivity index is 1.46. The van der Waals surface area contributed by atoms with E-state index in [0.717, 1.165) is 34.2 Å². The van der Waals surface area contributed by atoms with E-state index in [4.69, 9.17) is 4.42 Å². The second kappa shape index (κ2) is 5.45. The van der Waals surface area contributed by atoms with Crippen molar-refractivity contribution in [3.05, 3.63) is 48.2 Å². The number of ketones is 1. The van der Waals surface area contributed by atoms with Crippen LogP contribution in [0.5, 0.6) is 0 Å². The highest BCUT2D eigenvalue weighted by Gasteiger charge is 2.35. The van der Waals surface area contributed by atoms with Gasteiger partial charge >= 0.3 is 0 Å². The highest BCUT2D eigenvalue weighted by molar-refractivity contribution is 6.07. The number of hydrogen-bond donors (Lipinski definition) is 0. The second-order valence-corrected chi connectivity index (χ2v) is 7.34. The van der Waals surface area contributed by atoms with Crippen molar-refractivity contribution in [1.29, 1.82) is 0 Å². The quantitative estimate of drug-likeness (QED) is 0.666. The maximum atomic E-state index is 12.8. The molecule has 0 unspecified atom stereocenters. The highest BCUT2D eigenvalue weighted by atomic mass is 16.3. The molecule has 0 aliphatic carbocycles. The van der Waals surface area contributed by atoms with Gasteiger partial charge in [-0.2, -0.15) is 0 Å². The van der Waals surface area contributed by atoms with Crippen LogP contribution in [0.4, 0.5) is 0 Å². The van der Waals surface area contributed by atoms with Gasteiger partial charge in [0.2, 0.25) is 0 Å². The molecule has 0 spiro atoms. The van der Waals surface area contributed by atoms with E-state index >= 15 is 0 Å². The normalized spacial score (nSPS) is 26.2. The van der Waals surface area contributed by atoms with Crippen LogP contribution in [0.1, 0.15) is 29.8 Å². The van der Waals surface area contributed by atoms with E-state index in [1.54, 1.807) is 0 Å². The number of fused-ring (bicyclic) bond motifs is 6. The standard InChI is InChI=1S/C21H21NO2/c23-19(11-17-13-22-9-7-14(17)8-10-22)20-12-16-6-5-15-3-1-2-4-18(15)21(16)24-20/h1-6,12,14,17H,7-11,13H2/t17-/m0/s1. The minimum atomic E-state index is 0.161. The zero-order chi connectivity index (χ0) is 16.1. The van der Waals surface area contributed by atoms with Gasteiger partial charge in [-0.25, -0.2) is 0 Å². The molecule has 3 aromatic rings. The van der Waals surface area contributed by atoms with E-state index in [1.165, 1.54) is 25.9 Å². The molecule has 2 bridgehead atoms. The van der Waals surface area contributed by atoms with Gasteiger partial charge in [-0.05, 0) is 49.2 Å². The number of carbonyl (C=O) groups excluding carboxylic acids is 1. The lowest BCUT2D eigenvalue weighted by atomic mass is 9.76. The van der Waals surface area contributed by atoms with Crippen molar-refractivity contribution in [3.8, 4) is 0 Å². The average molecular weight is 319 g/mol. The largest absolute Gasteiger partial charge is 0.452 e. The number of furan rings is 1. The molecule has 0 N–H and O–H groups in total. The number of piperidine rings is 3. The van der Waals surface area contributed by atoms with Crippen molar-refractivity contribution >= 4 is 27.5 Å². The number of carbonyl (C=O) groups is 1. The summed E-state index contributed by atoms with van der Waals surface area (Å²) in [6, 6.07) is 14.2. The monoisotopic (exact) mass is 319 g/mol. The van der Waals surface area contributed by atoms with Gasteiger partial charge in [0.25, 0.3) is 0 Å². The lowest BCUT2D eigenvalue weighted by molar-refractivity contribution is 0.0433. The molecule has 1 atom stereocenters. The summed E-state index contributed by atoms with van der Waals surface area (Å²) in [4.78, 5) is 15.3. The average Bonchev–Trinajstić information content (AvgIpc) is 3.08. The van der Waals surface area contributed by atoms with E-state index < -0.39 is 0 Å². The minimum Gasteiger partial charge on any atom is -0.452 e. The topological polar surface area (TPSA) is 33.5 Å². The first kappa shape index (κ1) is 14.2. The molecule has 3 nitrogen and oxygen atoms in total. The van der Waals surface area contributed by atoms with Crippen molar-refractivity contribution in [2.24, 2.45) is 11.8 Å². The predicted octanol–water partition coefficient (Wildman–Crippen LogP) is 4.50. The summed E-state index contributed by atoms with van der Waals surface area (Å²) in [5, 5.41) is 3.25. The van der Waals surface area contributed by atoms with Crippen LogP contribution < -0.4 is 0 Å². The summed E-state index contributed by atoms with van der Waals surface area (Å²) in [7, 11) is 0. The Morgan fingerprint density at radius 2 is 1.88 bits per heavy atom. The van der Waals surface area contributed by atoms with Gasteiger partial charge in [-0.15, -0.1) is 0 Å². The van der Waals surface area contributed by atoms with Crippen molar-refractivity contribution in [1.82, 2.24) is 4.90 Å². The van der Waals surface area contributed by atoms with Crippen LogP contribution in [0, 0.1) is 11.8 Å². The van der Waals surface area contributed by atoms with Crippen molar-refractivity contribution < 1.29 is 9.21 Å². The van der Waals surface area contributed by atoms with Gasteiger partial charge in [-0.1, -0.05) is 36.4 Å². The molecule has 3 saturated heterocycles. The van der Waals surface area contributed by atoms with Gasteiger partial charge in [0, 0.05) is 23.7 Å². The molecule has 3 aliphatic heterocycles. The number of hydrogen-bond acceptors (Lipinski definition) is 3. The van der Waals surface area contributed by atoms with Crippen LogP contribution in [0.2, 0.25) is 0 Å². The second-order valence-electron chi connectivity index (χ2n) is 7.34. The van der Waals surface area contributed by atoms with Gasteiger partial charge < -0.3 is 9.32 Å². The summed E-state index contributed by atoms with van der Waals surface area (Å²) in [5.41, 5.74) is 0.838. The Hall–Kier alpha value is -2.13. The molecule has 24 heavy (non-hydrogen) atoms. The molecule has 0 radical (unpaired) electrons. The van der Waals surface area contributed by atoms with Crippen LogP contribution in [0.25, 0.3) is 21.7 Å². The van der Waals surface area contributed by atoms with Gasteiger partial charge in [0.05, 0.1) is 0 Å². The SMILES string of the molecule is O=C(C[C@H]1CN2CCC1CC2)c1cc2ccc3ccccc3c2o1. The van der Waals surface area contributed by atoms with E-state index in [0.29, 0.717) is 18.1 Å². The van der Waals surface area contributed by atoms with Gasteiger partial charge in [0.1, 0.15) is 5.58 Å². The molecular formula is C21H21NO2. The molecule has 6 rings (SSSR count). The molecule has 0 amide bonds. The molecule has 4 heterocycles. The lowest BCUT2D eigenvalue weighted by Gasteiger charge is -2.44. The fourth-order valence-corrected chi connectivity index (χ4v) is 4.56. The highest BCUT2D eigenvalue weighted by Crippen LogP contribution is 2.36. The van der Waals surface area contributed by atoms with Gasteiger partial charge in [-0.3, -0.25) is 4.79 Å². The first-order valence-electron chi connectivity index (χ1n) is 8.95. The number of nitrogens with zero attached hydrogens (tertiary/aromatic N) is 1. The first-order valence-corrected chi connectivity index (χ1v) is 8.95. The van der Waals surface area contributed by atoms with Crippen molar-refractivity contribution in [3.63, 3.8) is 0 Å². The van der Waals surface area contributed by atoms with E-state index in [1.807, 2.05) is 24.3 Å². The van der Waals surface area contributed by atoms with E-state index in [2.05, 4.69) is 23.1 Å². The molecule has 122 valence electrons. The molecule has 0 saturated carbocycles. The first-order chi connectivity index (χ1) is 11.8. The van der Waals surface area contributed by atoms with Crippen LogP contribution in [-0.2, 0) is 0 Å². The molecule has 3 aliphatic rings. The minimum absolute atomic E-state index is 0.161. The number of benzene rings is 2. The predicted molar refractivity (Wildman–Crippen MR) is 95.3 cm³/mol. The zero-order valence-corrected chi connectivity index (χ0v) is 13.7. The fourth-order valence-electron chi connectivity index (χ4n) is 4.56. The molecule has 3 fully saturated rings. The molecule has 2 aromatic carbocycles. The summed E-state index contributed by atoms with van der Waals surface area (Å²) in [6.45, 7) is 3.51. The van der Waals surface area contributed by atoms with Crippen molar-refractivity contribution in [2.45, 2.75) is 19.3 Å². The fraction of sp³-hybridized carbons (Fsp3) is 0.381. The maximum Gasteiger partial charge on any atom is 0.198 e. The summed E-state index contributed by atoms with van der Waals surface area (Å²) >= 11 is 0. The smallest absolute Gasteiger partial charge is 0.198 e. The molecule has 3 heteroatoms. The van der Waals surface area contributed by atoms with E-state index in [9.17, 15) is 4.79 Å². The Bertz CT molecular complexity index is 918. The Morgan fingerprint density at radius 1 is 1.08 bits per heavy atom. The Kier molecular flexibility index (Phi) is 3.23.